The molecule has 0 amide bonds. The summed E-state index contributed by atoms with van der Waals surface area (Å²) in [4.78, 5) is 0. The molecule has 2 rings (SSSR count). The fourth-order valence-corrected chi connectivity index (χ4v) is 2.99. The van der Waals surface area contributed by atoms with Gasteiger partial charge in [0.15, 0.2) is 0 Å². The quantitative estimate of drug-likeness (QED) is 0.766. The summed E-state index contributed by atoms with van der Waals surface area (Å²) in [7, 11) is 0. The van der Waals surface area contributed by atoms with Crippen molar-refractivity contribution in [3.8, 4) is 0 Å². The van der Waals surface area contributed by atoms with Crippen molar-refractivity contribution >= 4 is 11.6 Å². The lowest BCUT2D eigenvalue weighted by molar-refractivity contribution is 0.493. The van der Waals surface area contributed by atoms with Crippen LogP contribution < -0.4 is 5.32 Å². The summed E-state index contributed by atoms with van der Waals surface area (Å²) < 4.78 is 0. The standard InChI is InChI=1S/C19H24ClN/c1-12-9-14(3)19(10-13(12)2)16(5)21-15(4)17-7-6-8-18(20)11-17/h6-11,15-16,21H,1-5H3. The smallest absolute Gasteiger partial charge is 0.0409 e. The Labute approximate surface area is 133 Å². The predicted molar refractivity (Wildman–Crippen MR) is 92.1 cm³/mol. The van der Waals surface area contributed by atoms with E-state index in [-0.39, 0.29) is 6.04 Å². The van der Waals surface area contributed by atoms with Crippen LogP contribution in [0.2, 0.25) is 5.02 Å². The van der Waals surface area contributed by atoms with Gasteiger partial charge in [0, 0.05) is 17.1 Å². The minimum Gasteiger partial charge on any atom is -0.304 e. The van der Waals surface area contributed by atoms with Gasteiger partial charge in [-0.05, 0) is 74.6 Å². The van der Waals surface area contributed by atoms with Gasteiger partial charge in [0.05, 0.1) is 0 Å². The molecule has 1 nitrogen and oxygen atoms in total. The van der Waals surface area contributed by atoms with Crippen LogP contribution in [0.25, 0.3) is 0 Å². The monoisotopic (exact) mass is 301 g/mol. The van der Waals surface area contributed by atoms with Crippen molar-refractivity contribution in [2.45, 2.75) is 46.7 Å². The van der Waals surface area contributed by atoms with Crippen LogP contribution in [0, 0.1) is 20.8 Å². The summed E-state index contributed by atoms with van der Waals surface area (Å²) in [5.41, 5.74) is 6.63. The third-order valence-corrected chi connectivity index (χ3v) is 4.43. The molecule has 0 aromatic heterocycles. The highest BCUT2D eigenvalue weighted by Crippen LogP contribution is 2.25. The SMILES string of the molecule is Cc1cc(C)c(C(C)NC(C)c2cccc(Cl)c2)cc1C. The Morgan fingerprint density at radius 2 is 1.52 bits per heavy atom. The molecule has 0 aliphatic rings. The Morgan fingerprint density at radius 3 is 2.19 bits per heavy atom. The van der Waals surface area contributed by atoms with Gasteiger partial charge >= 0.3 is 0 Å². The van der Waals surface area contributed by atoms with E-state index in [0.29, 0.717) is 6.04 Å². The van der Waals surface area contributed by atoms with E-state index < -0.39 is 0 Å². The van der Waals surface area contributed by atoms with Gasteiger partial charge in [-0.2, -0.15) is 0 Å². The Bertz CT molecular complexity index is 633. The molecule has 2 aromatic rings. The Kier molecular flexibility index (Phi) is 5.08. The molecular weight excluding hydrogens is 278 g/mol. The van der Waals surface area contributed by atoms with E-state index in [1.54, 1.807) is 0 Å². The first-order chi connectivity index (χ1) is 9.88. The molecule has 0 spiro atoms. The zero-order chi connectivity index (χ0) is 15.6. The molecule has 1 N–H and O–H groups in total. The lowest BCUT2D eigenvalue weighted by Crippen LogP contribution is -2.23. The molecule has 0 saturated heterocycles. The van der Waals surface area contributed by atoms with E-state index in [2.05, 4.69) is 58.1 Å². The predicted octanol–water partition coefficient (Wildman–Crippen LogP) is 5.68. The molecule has 0 aliphatic carbocycles. The van der Waals surface area contributed by atoms with Crippen molar-refractivity contribution in [3.63, 3.8) is 0 Å². The van der Waals surface area contributed by atoms with Crippen LogP contribution in [0.5, 0.6) is 0 Å². The van der Waals surface area contributed by atoms with Crippen LogP contribution in [0.1, 0.15) is 53.7 Å². The van der Waals surface area contributed by atoms with Gasteiger partial charge in [-0.1, -0.05) is 35.9 Å². The highest BCUT2D eigenvalue weighted by Gasteiger charge is 2.14. The molecule has 112 valence electrons. The molecule has 0 saturated carbocycles. The van der Waals surface area contributed by atoms with Gasteiger partial charge in [0.25, 0.3) is 0 Å². The van der Waals surface area contributed by atoms with Gasteiger partial charge < -0.3 is 5.32 Å². The molecule has 0 heterocycles. The zero-order valence-electron chi connectivity index (χ0n) is 13.5. The fraction of sp³-hybridized carbons (Fsp3) is 0.368. The summed E-state index contributed by atoms with van der Waals surface area (Å²) in [6, 6.07) is 13.2. The largest absolute Gasteiger partial charge is 0.304 e. The molecule has 2 atom stereocenters. The first kappa shape index (κ1) is 16.1. The first-order valence-corrected chi connectivity index (χ1v) is 7.85. The van der Waals surface area contributed by atoms with Gasteiger partial charge in [0.2, 0.25) is 0 Å². The topological polar surface area (TPSA) is 12.0 Å². The minimum absolute atomic E-state index is 0.264. The van der Waals surface area contributed by atoms with Gasteiger partial charge in [-0.15, -0.1) is 0 Å². The number of halogens is 1. The molecule has 0 fully saturated rings. The van der Waals surface area contributed by atoms with Crippen LogP contribution in [0.15, 0.2) is 36.4 Å². The second kappa shape index (κ2) is 6.64. The molecule has 0 bridgehead atoms. The summed E-state index contributed by atoms with van der Waals surface area (Å²) in [5, 5.41) is 4.46. The number of benzene rings is 2. The molecule has 0 radical (unpaired) electrons. The van der Waals surface area contributed by atoms with Crippen LogP contribution in [0.3, 0.4) is 0 Å². The van der Waals surface area contributed by atoms with Crippen molar-refractivity contribution in [2.24, 2.45) is 0 Å². The summed E-state index contributed by atoms with van der Waals surface area (Å²) in [6.45, 7) is 10.9. The third-order valence-electron chi connectivity index (χ3n) is 4.20. The Hall–Kier alpha value is -1.31. The van der Waals surface area contributed by atoms with Crippen molar-refractivity contribution in [2.75, 3.05) is 0 Å². The molecule has 2 heteroatoms. The van der Waals surface area contributed by atoms with Crippen LogP contribution >= 0.6 is 11.6 Å². The highest BCUT2D eigenvalue weighted by atomic mass is 35.5. The summed E-state index contributed by atoms with van der Waals surface area (Å²) in [5.74, 6) is 0. The summed E-state index contributed by atoms with van der Waals surface area (Å²) in [6.07, 6.45) is 0. The van der Waals surface area contributed by atoms with Crippen LogP contribution in [0.4, 0.5) is 0 Å². The molecule has 0 aliphatic heterocycles. The fourth-order valence-electron chi connectivity index (χ4n) is 2.79. The average Bonchev–Trinajstić information content (AvgIpc) is 2.42. The van der Waals surface area contributed by atoms with Crippen molar-refractivity contribution in [3.05, 3.63) is 69.2 Å². The highest BCUT2D eigenvalue weighted by molar-refractivity contribution is 6.30. The lowest BCUT2D eigenvalue weighted by atomic mass is 9.95. The van der Waals surface area contributed by atoms with E-state index in [1.807, 2.05) is 18.2 Å². The number of hydrogen-bond acceptors (Lipinski definition) is 1. The van der Waals surface area contributed by atoms with E-state index in [1.165, 1.54) is 27.8 Å². The third kappa shape index (κ3) is 3.87. The van der Waals surface area contributed by atoms with Gasteiger partial charge in [-0.3, -0.25) is 0 Å². The molecule has 2 unspecified atom stereocenters. The van der Waals surface area contributed by atoms with E-state index in [0.717, 1.165) is 5.02 Å². The summed E-state index contributed by atoms with van der Waals surface area (Å²) >= 11 is 6.08. The zero-order valence-corrected chi connectivity index (χ0v) is 14.3. The van der Waals surface area contributed by atoms with Gasteiger partial charge in [0.1, 0.15) is 0 Å². The van der Waals surface area contributed by atoms with Crippen molar-refractivity contribution < 1.29 is 0 Å². The maximum atomic E-state index is 6.08. The number of rotatable bonds is 4. The second-order valence-corrected chi connectivity index (χ2v) is 6.39. The molecule has 21 heavy (non-hydrogen) atoms. The maximum absolute atomic E-state index is 6.08. The van der Waals surface area contributed by atoms with E-state index >= 15 is 0 Å². The molecule has 2 aromatic carbocycles. The number of nitrogens with one attached hydrogen (secondary N) is 1. The molecular formula is C19H24ClN. The van der Waals surface area contributed by atoms with Gasteiger partial charge in [-0.25, -0.2) is 0 Å². The number of hydrogen-bond donors (Lipinski definition) is 1. The Morgan fingerprint density at radius 1 is 0.857 bits per heavy atom. The van der Waals surface area contributed by atoms with Crippen molar-refractivity contribution in [1.82, 2.24) is 5.32 Å². The van der Waals surface area contributed by atoms with Crippen molar-refractivity contribution in [1.29, 1.82) is 0 Å². The van der Waals surface area contributed by atoms with E-state index in [9.17, 15) is 0 Å². The normalized spacial score (nSPS) is 14.0. The Balaban J connectivity index is 2.18. The lowest BCUT2D eigenvalue weighted by Gasteiger charge is -2.23. The number of aryl methyl sites for hydroxylation is 3. The van der Waals surface area contributed by atoms with Crippen LogP contribution in [-0.2, 0) is 0 Å². The minimum atomic E-state index is 0.264. The first-order valence-electron chi connectivity index (χ1n) is 7.47. The maximum Gasteiger partial charge on any atom is 0.0409 e. The average molecular weight is 302 g/mol. The van der Waals surface area contributed by atoms with E-state index in [4.69, 9.17) is 11.6 Å². The second-order valence-electron chi connectivity index (χ2n) is 5.96. The van der Waals surface area contributed by atoms with Crippen LogP contribution in [-0.4, -0.2) is 0 Å².